The van der Waals surface area contributed by atoms with E-state index in [-0.39, 0.29) is 23.5 Å². The van der Waals surface area contributed by atoms with Crippen LogP contribution in [0.25, 0.3) is 0 Å². The van der Waals surface area contributed by atoms with Crippen molar-refractivity contribution in [3.8, 4) is 0 Å². The molecule has 3 amide bonds. The fourth-order valence-corrected chi connectivity index (χ4v) is 7.31. The summed E-state index contributed by atoms with van der Waals surface area (Å²) in [6, 6.07) is 3.08. The van der Waals surface area contributed by atoms with E-state index < -0.39 is 53.8 Å². The Morgan fingerprint density at radius 2 is 1.46 bits per heavy atom. The van der Waals surface area contributed by atoms with Gasteiger partial charge < -0.3 is 10.1 Å². The summed E-state index contributed by atoms with van der Waals surface area (Å²) in [6.07, 6.45) is -4.62. The highest BCUT2D eigenvalue weighted by Crippen LogP contribution is 2.39. The van der Waals surface area contributed by atoms with Crippen molar-refractivity contribution < 1.29 is 37.1 Å². The molecule has 1 aliphatic heterocycles. The Morgan fingerprint density at radius 3 is 1.95 bits per heavy atom. The molecule has 1 heterocycles. The van der Waals surface area contributed by atoms with Crippen molar-refractivity contribution in [1.82, 2.24) is 4.90 Å². The molecule has 0 unspecified atom stereocenters. The van der Waals surface area contributed by atoms with E-state index in [1.807, 2.05) is 45.2 Å². The summed E-state index contributed by atoms with van der Waals surface area (Å²) in [7, 11) is 0. The first-order valence-corrected chi connectivity index (χ1v) is 14.8. The molecule has 0 saturated carbocycles. The fourth-order valence-electron chi connectivity index (χ4n) is 3.66. The fraction of sp³-hybridized carbons (Fsp3) is 0.304. The van der Waals surface area contributed by atoms with E-state index in [0.717, 1.165) is 24.2 Å². The third-order valence-corrected chi connectivity index (χ3v) is 12.7. The molecule has 1 atom stereocenters. The Kier molecular flexibility index (Phi) is 10.1. The van der Waals surface area contributed by atoms with Gasteiger partial charge in [-0.05, 0) is 115 Å². The highest BCUT2D eigenvalue weighted by atomic mass is 127. The van der Waals surface area contributed by atoms with Crippen LogP contribution >= 0.6 is 90.4 Å². The Balaban J connectivity index is 1.82. The predicted octanol–water partition coefficient (Wildman–Crippen LogP) is 6.32. The van der Waals surface area contributed by atoms with Gasteiger partial charge in [-0.2, -0.15) is 13.2 Å². The number of nitrogens with zero attached hydrogens (tertiary/aromatic N) is 1. The minimum atomic E-state index is -4.70. The first-order valence-electron chi connectivity index (χ1n) is 10.5. The SMILES string of the molecule is CC(C)C[C@H](C(=O)OCC(=O)Nc1ccccc1C(F)(F)F)N1C(=O)c2c(I)c(I)c(I)c(I)c2C1=O. The van der Waals surface area contributed by atoms with Crippen LogP contribution in [0.1, 0.15) is 46.5 Å². The standard InChI is InChI=1S/C23H17F3I4N2O5/c1-9(2)7-12(32-20(34)14-15(21(32)35)17(28)19(30)18(29)16(14)27)22(36)37-8-13(33)31-11-6-4-3-5-10(11)23(24,25)26/h3-6,9,12H,7-8H2,1-2H3,(H,31,33)/t12-/m1/s1. The molecule has 2 aromatic rings. The number of benzene rings is 2. The molecule has 0 bridgehead atoms. The second kappa shape index (κ2) is 12.2. The third kappa shape index (κ3) is 6.52. The molecule has 14 heteroatoms. The maximum absolute atomic E-state index is 13.4. The van der Waals surface area contributed by atoms with Crippen LogP contribution in [0.3, 0.4) is 0 Å². The number of nitrogens with one attached hydrogen (secondary N) is 1. The number of halogens is 7. The third-order valence-electron chi connectivity index (χ3n) is 5.26. The first kappa shape index (κ1) is 30.8. The quantitative estimate of drug-likeness (QED) is 0.116. The highest BCUT2D eigenvalue weighted by Gasteiger charge is 2.47. The molecule has 2 aromatic carbocycles. The number of para-hydroxylation sites is 1. The predicted molar refractivity (Wildman–Crippen MR) is 162 cm³/mol. The van der Waals surface area contributed by atoms with Gasteiger partial charge >= 0.3 is 12.1 Å². The molecule has 1 N–H and O–H groups in total. The lowest BCUT2D eigenvalue weighted by molar-refractivity contribution is -0.151. The minimum Gasteiger partial charge on any atom is -0.454 e. The van der Waals surface area contributed by atoms with Gasteiger partial charge in [0.1, 0.15) is 6.04 Å². The van der Waals surface area contributed by atoms with Gasteiger partial charge in [0.05, 0.1) is 22.4 Å². The monoisotopic (exact) mass is 966 g/mol. The molecule has 0 aromatic heterocycles. The van der Waals surface area contributed by atoms with E-state index in [0.29, 0.717) is 7.14 Å². The Morgan fingerprint density at radius 1 is 0.946 bits per heavy atom. The molecular formula is C23H17F3I4N2O5. The average molecular weight is 966 g/mol. The van der Waals surface area contributed by atoms with Crippen molar-refractivity contribution in [2.45, 2.75) is 32.5 Å². The van der Waals surface area contributed by atoms with Crippen LogP contribution in [0.2, 0.25) is 0 Å². The Hall–Kier alpha value is -0.770. The lowest BCUT2D eigenvalue weighted by Gasteiger charge is -2.26. The minimum absolute atomic E-state index is 0.0736. The normalized spacial score (nSPS) is 14.2. The van der Waals surface area contributed by atoms with Crippen LogP contribution in [0.5, 0.6) is 0 Å². The van der Waals surface area contributed by atoms with E-state index in [9.17, 15) is 32.3 Å². The Labute approximate surface area is 264 Å². The molecule has 0 spiro atoms. The number of ether oxygens (including phenoxy) is 1. The number of hydrogen-bond acceptors (Lipinski definition) is 5. The second-order valence-corrected chi connectivity index (χ2v) is 12.6. The van der Waals surface area contributed by atoms with Gasteiger partial charge in [0.15, 0.2) is 6.61 Å². The van der Waals surface area contributed by atoms with E-state index in [1.54, 1.807) is 13.8 Å². The average Bonchev–Trinajstić information content (AvgIpc) is 3.07. The molecule has 3 rings (SSSR count). The molecule has 1 aliphatic rings. The molecule has 198 valence electrons. The molecule has 0 aliphatic carbocycles. The zero-order valence-electron chi connectivity index (χ0n) is 19.0. The molecule has 7 nitrogen and oxygen atoms in total. The van der Waals surface area contributed by atoms with Crippen molar-refractivity contribution in [3.05, 3.63) is 55.2 Å². The molecule has 37 heavy (non-hydrogen) atoms. The number of anilines is 1. The van der Waals surface area contributed by atoms with Gasteiger partial charge in [-0.3, -0.25) is 19.3 Å². The van der Waals surface area contributed by atoms with Crippen molar-refractivity contribution in [2.75, 3.05) is 11.9 Å². The number of alkyl halides is 3. The van der Waals surface area contributed by atoms with Crippen molar-refractivity contribution in [1.29, 1.82) is 0 Å². The summed E-state index contributed by atoms with van der Waals surface area (Å²) in [5.74, 6) is -3.40. The van der Waals surface area contributed by atoms with Gasteiger partial charge in [0.2, 0.25) is 0 Å². The molecule has 0 saturated heterocycles. The van der Waals surface area contributed by atoms with Crippen LogP contribution in [-0.4, -0.2) is 41.2 Å². The summed E-state index contributed by atoms with van der Waals surface area (Å²) in [4.78, 5) is 53.0. The number of carbonyl (C=O) groups is 4. The maximum atomic E-state index is 13.4. The highest BCUT2D eigenvalue weighted by molar-refractivity contribution is 14.1. The van der Waals surface area contributed by atoms with Crippen molar-refractivity contribution in [2.24, 2.45) is 5.92 Å². The van der Waals surface area contributed by atoms with Gasteiger partial charge in [0, 0.05) is 14.3 Å². The number of fused-ring (bicyclic) bond motifs is 1. The Bertz CT molecular complexity index is 1250. The van der Waals surface area contributed by atoms with E-state index in [4.69, 9.17) is 4.74 Å². The summed E-state index contributed by atoms with van der Waals surface area (Å²) in [5.41, 5.74) is -1.11. The summed E-state index contributed by atoms with van der Waals surface area (Å²) in [5, 5.41) is 2.09. The summed E-state index contributed by atoms with van der Waals surface area (Å²) in [6.45, 7) is 2.69. The number of carbonyl (C=O) groups excluding carboxylic acids is 4. The van der Waals surface area contributed by atoms with Crippen LogP contribution in [0.15, 0.2) is 24.3 Å². The lowest BCUT2D eigenvalue weighted by atomic mass is 10.0. The first-order chi connectivity index (χ1) is 17.2. The van der Waals surface area contributed by atoms with E-state index in [1.165, 1.54) is 12.1 Å². The van der Waals surface area contributed by atoms with Gasteiger partial charge in [-0.25, -0.2) is 4.79 Å². The van der Waals surface area contributed by atoms with Gasteiger partial charge in [-0.15, -0.1) is 0 Å². The number of rotatable bonds is 7. The largest absolute Gasteiger partial charge is 0.454 e. The number of amides is 3. The molecular weight excluding hydrogens is 949 g/mol. The number of hydrogen-bond donors (Lipinski definition) is 1. The molecule has 0 fully saturated rings. The van der Waals surface area contributed by atoms with Crippen molar-refractivity contribution >= 4 is 120 Å². The van der Waals surface area contributed by atoms with Crippen LogP contribution in [-0.2, 0) is 20.5 Å². The summed E-state index contributed by atoms with van der Waals surface area (Å²) < 4.78 is 47.5. The second-order valence-electron chi connectivity index (χ2n) is 8.33. The number of esters is 1. The van der Waals surface area contributed by atoms with Gasteiger partial charge in [0.25, 0.3) is 17.7 Å². The van der Waals surface area contributed by atoms with Crippen LogP contribution < -0.4 is 5.32 Å². The smallest absolute Gasteiger partial charge is 0.418 e. The van der Waals surface area contributed by atoms with E-state index >= 15 is 0 Å². The zero-order valence-corrected chi connectivity index (χ0v) is 27.6. The van der Waals surface area contributed by atoms with Crippen LogP contribution in [0.4, 0.5) is 18.9 Å². The van der Waals surface area contributed by atoms with Crippen LogP contribution in [0, 0.1) is 20.2 Å². The van der Waals surface area contributed by atoms with E-state index in [2.05, 4.69) is 50.5 Å². The maximum Gasteiger partial charge on any atom is 0.418 e. The van der Waals surface area contributed by atoms with Gasteiger partial charge in [-0.1, -0.05) is 26.0 Å². The summed E-state index contributed by atoms with van der Waals surface area (Å²) >= 11 is 8.17. The number of imide groups is 1. The zero-order chi connectivity index (χ0) is 27.8. The lowest BCUT2D eigenvalue weighted by Crippen LogP contribution is -2.47. The van der Waals surface area contributed by atoms with Crippen molar-refractivity contribution in [3.63, 3.8) is 0 Å². The topological polar surface area (TPSA) is 92.8 Å². The molecule has 0 radical (unpaired) electrons.